The van der Waals surface area contributed by atoms with E-state index >= 15 is 0 Å². The van der Waals surface area contributed by atoms with E-state index in [1.807, 2.05) is 19.1 Å². The number of nitrogens with one attached hydrogen (secondary N) is 1. The Bertz CT molecular complexity index is 892. The summed E-state index contributed by atoms with van der Waals surface area (Å²) in [5.74, 6) is 0.434. The number of nitrogens with two attached hydrogens (primary N) is 1. The first kappa shape index (κ1) is 17.9. The fourth-order valence-corrected chi connectivity index (χ4v) is 4.03. The van der Waals surface area contributed by atoms with Crippen molar-refractivity contribution in [3.63, 3.8) is 0 Å². The van der Waals surface area contributed by atoms with Gasteiger partial charge in [-0.25, -0.2) is 4.98 Å². The number of anilines is 1. The topological polar surface area (TPSA) is 101 Å². The molecule has 0 amide bonds. The van der Waals surface area contributed by atoms with Crippen LogP contribution in [0.15, 0.2) is 28.9 Å². The van der Waals surface area contributed by atoms with E-state index in [1.54, 1.807) is 12.3 Å². The molecule has 0 fully saturated rings. The molecular weight excluding hydrogens is 362 g/mol. The number of hydrogen-bond donors (Lipinski definition) is 3. The van der Waals surface area contributed by atoms with Crippen molar-refractivity contribution in [2.45, 2.75) is 25.9 Å². The van der Waals surface area contributed by atoms with Gasteiger partial charge in [0.2, 0.25) is 0 Å². The number of carbonyl (C=O) groups is 1. The molecule has 25 heavy (non-hydrogen) atoms. The van der Waals surface area contributed by atoms with Gasteiger partial charge in [-0.05, 0) is 24.6 Å². The largest absolute Gasteiger partial charge is 0.467 e. The van der Waals surface area contributed by atoms with Gasteiger partial charge in [0.05, 0.1) is 34.8 Å². The van der Waals surface area contributed by atoms with E-state index < -0.39 is 12.6 Å². The van der Waals surface area contributed by atoms with Crippen molar-refractivity contribution in [1.82, 2.24) is 4.98 Å². The Balaban J connectivity index is 1.92. The van der Waals surface area contributed by atoms with E-state index in [9.17, 15) is 4.79 Å². The highest BCUT2D eigenvalue weighted by Gasteiger charge is 2.19. The molecule has 0 unspecified atom stereocenters. The summed E-state index contributed by atoms with van der Waals surface area (Å²) >= 11 is 7.69. The summed E-state index contributed by atoms with van der Waals surface area (Å²) in [5, 5.41) is 12.7. The number of ketones is 1. The lowest BCUT2D eigenvalue weighted by molar-refractivity contribution is -0.122. The standard InChI is InChI=1S/C17H18ClN3O3S/c1-9-14(5-11(19)13(23)8-22)25-17-12(6-15(18)21-16(9)17)20-7-10-3-2-4-24-10/h2-4,6,11,22H,5,7-8,19H2,1H3,(H,20,21)/t11-/m1/s1. The van der Waals surface area contributed by atoms with Crippen LogP contribution in [-0.2, 0) is 17.8 Å². The molecule has 132 valence electrons. The number of aliphatic hydroxyl groups is 1. The van der Waals surface area contributed by atoms with E-state index in [-0.39, 0.29) is 5.78 Å². The summed E-state index contributed by atoms with van der Waals surface area (Å²) in [6, 6.07) is 4.76. The van der Waals surface area contributed by atoms with Crippen LogP contribution in [-0.4, -0.2) is 28.5 Å². The van der Waals surface area contributed by atoms with Crippen molar-refractivity contribution in [3.8, 4) is 0 Å². The maximum atomic E-state index is 11.6. The number of aliphatic hydroxyl groups excluding tert-OH is 1. The predicted octanol–water partition coefficient (Wildman–Crippen LogP) is 2.89. The van der Waals surface area contributed by atoms with Crippen LogP contribution < -0.4 is 11.1 Å². The number of thiophene rings is 1. The number of aromatic nitrogens is 1. The molecule has 4 N–H and O–H groups in total. The highest BCUT2D eigenvalue weighted by atomic mass is 35.5. The third kappa shape index (κ3) is 3.85. The van der Waals surface area contributed by atoms with Gasteiger partial charge in [-0.15, -0.1) is 11.3 Å². The molecule has 0 radical (unpaired) electrons. The quantitative estimate of drug-likeness (QED) is 0.545. The first-order valence-corrected chi connectivity index (χ1v) is 8.93. The minimum atomic E-state index is -0.730. The molecule has 0 saturated heterocycles. The second kappa shape index (κ2) is 7.53. The first-order valence-electron chi connectivity index (χ1n) is 7.73. The zero-order chi connectivity index (χ0) is 18.0. The molecule has 3 rings (SSSR count). The van der Waals surface area contributed by atoms with Crippen molar-refractivity contribution in [1.29, 1.82) is 0 Å². The Morgan fingerprint density at radius 3 is 3.04 bits per heavy atom. The zero-order valence-electron chi connectivity index (χ0n) is 13.6. The maximum absolute atomic E-state index is 11.6. The van der Waals surface area contributed by atoms with Gasteiger partial charge in [-0.2, -0.15) is 0 Å². The number of fused-ring (bicyclic) bond motifs is 1. The normalized spacial score (nSPS) is 12.5. The number of carbonyl (C=O) groups excluding carboxylic acids is 1. The van der Waals surface area contributed by atoms with Gasteiger partial charge in [0.1, 0.15) is 17.5 Å². The molecule has 0 saturated carbocycles. The molecule has 0 aliphatic carbocycles. The summed E-state index contributed by atoms with van der Waals surface area (Å²) in [4.78, 5) is 16.9. The van der Waals surface area contributed by atoms with Crippen LogP contribution in [0.4, 0.5) is 5.69 Å². The average molecular weight is 380 g/mol. The molecule has 0 aliphatic rings. The van der Waals surface area contributed by atoms with Crippen molar-refractivity contribution >= 4 is 44.6 Å². The van der Waals surface area contributed by atoms with Gasteiger partial charge >= 0.3 is 0 Å². The summed E-state index contributed by atoms with van der Waals surface area (Å²) in [5.41, 5.74) is 8.46. The molecule has 0 bridgehead atoms. The molecule has 1 atom stereocenters. The highest BCUT2D eigenvalue weighted by molar-refractivity contribution is 7.19. The maximum Gasteiger partial charge on any atom is 0.175 e. The number of aryl methyl sites for hydroxylation is 1. The van der Waals surface area contributed by atoms with Crippen molar-refractivity contribution in [2.75, 3.05) is 11.9 Å². The van der Waals surface area contributed by atoms with Gasteiger partial charge in [-0.1, -0.05) is 11.6 Å². The molecule has 3 aromatic heterocycles. The Kier molecular flexibility index (Phi) is 5.39. The van der Waals surface area contributed by atoms with Crippen LogP contribution in [0.1, 0.15) is 16.2 Å². The van der Waals surface area contributed by atoms with E-state index in [0.717, 1.165) is 32.1 Å². The van der Waals surface area contributed by atoms with Crippen molar-refractivity contribution < 1.29 is 14.3 Å². The molecule has 3 heterocycles. The number of nitrogens with zero attached hydrogens (tertiary/aromatic N) is 1. The lowest BCUT2D eigenvalue weighted by Crippen LogP contribution is -2.34. The smallest absolute Gasteiger partial charge is 0.175 e. The number of rotatable bonds is 7. The van der Waals surface area contributed by atoms with Gasteiger partial charge in [0, 0.05) is 17.4 Å². The summed E-state index contributed by atoms with van der Waals surface area (Å²) in [7, 11) is 0. The third-order valence-electron chi connectivity index (χ3n) is 3.95. The third-order valence-corrected chi connectivity index (χ3v) is 5.48. The minimum Gasteiger partial charge on any atom is -0.467 e. The van der Waals surface area contributed by atoms with E-state index in [2.05, 4.69) is 10.3 Å². The van der Waals surface area contributed by atoms with Crippen LogP contribution in [0.5, 0.6) is 0 Å². The lowest BCUT2D eigenvalue weighted by Gasteiger charge is -2.07. The number of halogens is 1. The SMILES string of the molecule is Cc1c(C[C@@H](N)C(=O)CO)sc2c(NCc3ccco3)cc(Cl)nc12. The van der Waals surface area contributed by atoms with Gasteiger partial charge in [0.25, 0.3) is 0 Å². The number of furan rings is 1. The number of Topliss-reactive ketones (excluding diaryl/α,β-unsaturated/α-hetero) is 1. The summed E-state index contributed by atoms with van der Waals surface area (Å²) in [6.07, 6.45) is 1.99. The molecule has 0 aromatic carbocycles. The van der Waals surface area contributed by atoms with Gasteiger partial charge in [-0.3, -0.25) is 4.79 Å². The first-order chi connectivity index (χ1) is 12.0. The monoisotopic (exact) mass is 379 g/mol. The fourth-order valence-electron chi connectivity index (χ4n) is 2.54. The predicted molar refractivity (Wildman–Crippen MR) is 99.2 cm³/mol. The van der Waals surface area contributed by atoms with Crippen molar-refractivity contribution in [3.05, 3.63) is 45.8 Å². The van der Waals surface area contributed by atoms with Gasteiger partial charge < -0.3 is 20.6 Å². The lowest BCUT2D eigenvalue weighted by atomic mass is 10.1. The number of hydrogen-bond acceptors (Lipinski definition) is 7. The van der Waals surface area contributed by atoms with Crippen LogP contribution in [0.3, 0.4) is 0 Å². The number of pyridine rings is 1. The Hall–Kier alpha value is -1.93. The van der Waals surface area contributed by atoms with E-state index in [1.165, 1.54) is 11.3 Å². The van der Waals surface area contributed by atoms with Crippen LogP contribution in [0.25, 0.3) is 10.2 Å². The highest BCUT2D eigenvalue weighted by Crippen LogP contribution is 2.37. The molecule has 0 aliphatic heterocycles. The summed E-state index contributed by atoms with van der Waals surface area (Å²) in [6.45, 7) is 1.91. The Labute approximate surface area is 153 Å². The van der Waals surface area contributed by atoms with Crippen LogP contribution in [0.2, 0.25) is 5.15 Å². The molecule has 0 spiro atoms. The molecule has 8 heteroatoms. The van der Waals surface area contributed by atoms with Gasteiger partial charge in [0.15, 0.2) is 5.78 Å². The second-order valence-corrected chi connectivity index (χ2v) is 7.18. The average Bonchev–Trinajstić information content (AvgIpc) is 3.21. The molecular formula is C17H18ClN3O3S. The van der Waals surface area contributed by atoms with Crippen LogP contribution >= 0.6 is 22.9 Å². The van der Waals surface area contributed by atoms with Crippen molar-refractivity contribution in [2.24, 2.45) is 5.73 Å². The fraction of sp³-hybridized carbons (Fsp3) is 0.294. The summed E-state index contributed by atoms with van der Waals surface area (Å²) < 4.78 is 6.28. The zero-order valence-corrected chi connectivity index (χ0v) is 15.2. The Morgan fingerprint density at radius 2 is 2.36 bits per heavy atom. The van der Waals surface area contributed by atoms with E-state index in [4.69, 9.17) is 26.9 Å². The van der Waals surface area contributed by atoms with E-state index in [0.29, 0.717) is 18.1 Å². The second-order valence-electron chi connectivity index (χ2n) is 5.69. The minimum absolute atomic E-state index is 0.363. The molecule has 6 nitrogen and oxygen atoms in total. The van der Waals surface area contributed by atoms with Crippen LogP contribution in [0, 0.1) is 6.92 Å². The Morgan fingerprint density at radius 1 is 1.56 bits per heavy atom. The molecule has 3 aromatic rings.